The van der Waals surface area contributed by atoms with Gasteiger partial charge in [0.05, 0.1) is 0 Å². The summed E-state index contributed by atoms with van der Waals surface area (Å²) in [7, 11) is 0. The Kier molecular flexibility index (Phi) is 5.26. The molecule has 1 saturated heterocycles. The molecule has 1 amide bonds. The number of ether oxygens (including phenoxy) is 1. The van der Waals surface area contributed by atoms with Gasteiger partial charge in [0, 0.05) is 13.2 Å². The Morgan fingerprint density at radius 2 is 2.12 bits per heavy atom. The molecular weight excluding hydrogens is 202 g/mol. The molecule has 1 aliphatic rings. The van der Waals surface area contributed by atoms with Crippen molar-refractivity contribution in [2.45, 2.75) is 59.0 Å². The van der Waals surface area contributed by atoms with Crippen molar-refractivity contribution < 1.29 is 9.53 Å². The minimum absolute atomic E-state index is 0.0771. The maximum atomic E-state index is 11.6. The summed E-state index contributed by atoms with van der Waals surface area (Å²) in [5, 5.41) is 2.95. The van der Waals surface area contributed by atoms with Crippen molar-refractivity contribution >= 4 is 5.91 Å². The Labute approximate surface area is 98.9 Å². The van der Waals surface area contributed by atoms with Crippen LogP contribution >= 0.6 is 0 Å². The van der Waals surface area contributed by atoms with E-state index in [9.17, 15) is 4.79 Å². The van der Waals surface area contributed by atoms with Gasteiger partial charge in [0.25, 0.3) is 0 Å². The predicted octanol–water partition coefficient (Wildman–Crippen LogP) is 2.50. The smallest absolute Gasteiger partial charge is 0.249 e. The molecule has 1 heterocycles. The van der Waals surface area contributed by atoms with E-state index in [1.165, 1.54) is 12.8 Å². The van der Waals surface area contributed by atoms with Gasteiger partial charge in [-0.3, -0.25) is 4.79 Å². The van der Waals surface area contributed by atoms with Crippen LogP contribution in [0.1, 0.15) is 52.9 Å². The lowest BCUT2D eigenvalue weighted by Crippen LogP contribution is -2.34. The molecule has 1 unspecified atom stereocenters. The Morgan fingerprint density at radius 3 is 2.69 bits per heavy atom. The average Bonchev–Trinajstić information content (AvgIpc) is 2.67. The zero-order valence-electron chi connectivity index (χ0n) is 10.8. The van der Waals surface area contributed by atoms with Crippen LogP contribution in [0.3, 0.4) is 0 Å². The first kappa shape index (κ1) is 13.5. The third-order valence-corrected chi connectivity index (χ3v) is 2.87. The molecule has 0 bridgehead atoms. The van der Waals surface area contributed by atoms with E-state index in [0.29, 0.717) is 5.41 Å². The quantitative estimate of drug-likeness (QED) is 0.733. The Balaban J connectivity index is 2.00. The molecule has 1 atom stereocenters. The Morgan fingerprint density at radius 1 is 1.38 bits per heavy atom. The number of carbonyl (C=O) groups is 1. The number of nitrogens with one attached hydrogen (secondary N) is 1. The summed E-state index contributed by atoms with van der Waals surface area (Å²) < 4.78 is 5.31. The molecule has 0 radical (unpaired) electrons. The van der Waals surface area contributed by atoms with Gasteiger partial charge < -0.3 is 10.1 Å². The lowest BCUT2D eigenvalue weighted by molar-refractivity contribution is -0.130. The first-order valence-electron chi connectivity index (χ1n) is 6.38. The van der Waals surface area contributed by atoms with Gasteiger partial charge in [0.15, 0.2) is 0 Å². The zero-order valence-corrected chi connectivity index (χ0v) is 10.8. The minimum atomic E-state index is -0.178. The van der Waals surface area contributed by atoms with Crippen LogP contribution in [0, 0.1) is 5.41 Å². The van der Waals surface area contributed by atoms with Crippen molar-refractivity contribution in [1.29, 1.82) is 0 Å². The zero-order chi connectivity index (χ0) is 12.0. The standard InChI is InChI=1S/C13H25NO2/c1-13(2,3)8-4-5-9-14-12(15)11-7-6-10-16-11/h11H,4-10H2,1-3H3,(H,14,15). The van der Waals surface area contributed by atoms with Crippen molar-refractivity contribution in [3.05, 3.63) is 0 Å². The monoisotopic (exact) mass is 227 g/mol. The number of amides is 1. The maximum Gasteiger partial charge on any atom is 0.249 e. The predicted molar refractivity (Wildman–Crippen MR) is 65.3 cm³/mol. The van der Waals surface area contributed by atoms with Crippen molar-refractivity contribution in [3.8, 4) is 0 Å². The van der Waals surface area contributed by atoms with Gasteiger partial charge >= 0.3 is 0 Å². The molecule has 3 heteroatoms. The van der Waals surface area contributed by atoms with E-state index in [1.54, 1.807) is 0 Å². The van der Waals surface area contributed by atoms with Crippen molar-refractivity contribution in [2.75, 3.05) is 13.2 Å². The van der Waals surface area contributed by atoms with Crippen LogP contribution in [0.25, 0.3) is 0 Å². The normalized spacial score (nSPS) is 21.1. The van der Waals surface area contributed by atoms with E-state index in [2.05, 4.69) is 26.1 Å². The van der Waals surface area contributed by atoms with Crippen LogP contribution in [0.2, 0.25) is 0 Å². The van der Waals surface area contributed by atoms with Gasteiger partial charge in [-0.15, -0.1) is 0 Å². The third kappa shape index (κ3) is 5.50. The molecule has 1 rings (SSSR count). The number of unbranched alkanes of at least 4 members (excludes halogenated alkanes) is 1. The van der Waals surface area contributed by atoms with Crippen LogP contribution in [0.15, 0.2) is 0 Å². The van der Waals surface area contributed by atoms with Gasteiger partial charge in [-0.25, -0.2) is 0 Å². The number of carbonyl (C=O) groups excluding carboxylic acids is 1. The minimum Gasteiger partial charge on any atom is -0.368 e. The molecule has 0 aromatic rings. The van der Waals surface area contributed by atoms with E-state index in [0.717, 1.165) is 32.4 Å². The van der Waals surface area contributed by atoms with Crippen LogP contribution in [-0.4, -0.2) is 25.2 Å². The van der Waals surface area contributed by atoms with Gasteiger partial charge in [0.1, 0.15) is 6.10 Å². The van der Waals surface area contributed by atoms with Crippen molar-refractivity contribution in [2.24, 2.45) is 5.41 Å². The molecule has 1 fully saturated rings. The highest BCUT2D eigenvalue weighted by Crippen LogP contribution is 2.21. The highest BCUT2D eigenvalue weighted by molar-refractivity contribution is 5.80. The third-order valence-electron chi connectivity index (χ3n) is 2.87. The molecule has 0 saturated carbocycles. The Bertz CT molecular complexity index is 214. The number of hydrogen-bond donors (Lipinski definition) is 1. The summed E-state index contributed by atoms with van der Waals surface area (Å²) in [6, 6.07) is 0. The largest absolute Gasteiger partial charge is 0.368 e. The van der Waals surface area contributed by atoms with E-state index in [-0.39, 0.29) is 12.0 Å². The average molecular weight is 227 g/mol. The summed E-state index contributed by atoms with van der Waals surface area (Å²) in [6.07, 6.45) is 5.17. The van der Waals surface area contributed by atoms with Crippen LogP contribution in [0.5, 0.6) is 0 Å². The summed E-state index contributed by atoms with van der Waals surface area (Å²) in [4.78, 5) is 11.6. The highest BCUT2D eigenvalue weighted by Gasteiger charge is 2.22. The summed E-state index contributed by atoms with van der Waals surface area (Å²) in [6.45, 7) is 8.27. The molecule has 0 aliphatic carbocycles. The van der Waals surface area contributed by atoms with Crippen LogP contribution < -0.4 is 5.32 Å². The van der Waals surface area contributed by atoms with Gasteiger partial charge in [-0.2, -0.15) is 0 Å². The topological polar surface area (TPSA) is 38.3 Å². The number of rotatable bonds is 5. The summed E-state index contributed by atoms with van der Waals surface area (Å²) >= 11 is 0. The molecular formula is C13H25NO2. The Hall–Kier alpha value is -0.570. The lowest BCUT2D eigenvalue weighted by atomic mass is 9.90. The van der Waals surface area contributed by atoms with Gasteiger partial charge in [-0.05, 0) is 31.1 Å². The fourth-order valence-corrected chi connectivity index (χ4v) is 1.89. The van der Waals surface area contributed by atoms with Crippen molar-refractivity contribution in [1.82, 2.24) is 5.32 Å². The van der Waals surface area contributed by atoms with E-state index in [4.69, 9.17) is 4.74 Å². The summed E-state index contributed by atoms with van der Waals surface area (Å²) in [5.74, 6) is 0.0771. The van der Waals surface area contributed by atoms with Crippen LogP contribution in [0.4, 0.5) is 0 Å². The molecule has 1 aliphatic heterocycles. The first-order chi connectivity index (χ1) is 7.49. The number of hydrogen-bond acceptors (Lipinski definition) is 2. The molecule has 0 aromatic carbocycles. The molecule has 16 heavy (non-hydrogen) atoms. The molecule has 0 aromatic heterocycles. The van der Waals surface area contributed by atoms with E-state index in [1.807, 2.05) is 0 Å². The van der Waals surface area contributed by atoms with Gasteiger partial charge in [0.2, 0.25) is 5.91 Å². The first-order valence-corrected chi connectivity index (χ1v) is 6.38. The van der Waals surface area contributed by atoms with Gasteiger partial charge in [-0.1, -0.05) is 27.2 Å². The fraction of sp³-hybridized carbons (Fsp3) is 0.923. The SMILES string of the molecule is CC(C)(C)CCCCNC(=O)C1CCCO1. The maximum absolute atomic E-state index is 11.6. The fourth-order valence-electron chi connectivity index (χ4n) is 1.89. The molecule has 0 spiro atoms. The van der Waals surface area contributed by atoms with E-state index >= 15 is 0 Å². The lowest BCUT2D eigenvalue weighted by Gasteiger charge is -2.17. The second-order valence-electron chi connectivity index (χ2n) is 5.81. The molecule has 1 N–H and O–H groups in total. The van der Waals surface area contributed by atoms with Crippen molar-refractivity contribution in [3.63, 3.8) is 0 Å². The summed E-state index contributed by atoms with van der Waals surface area (Å²) in [5.41, 5.74) is 0.401. The molecule has 3 nitrogen and oxygen atoms in total. The second kappa shape index (κ2) is 6.24. The second-order valence-corrected chi connectivity index (χ2v) is 5.81. The molecule has 94 valence electrons. The highest BCUT2D eigenvalue weighted by atomic mass is 16.5. The van der Waals surface area contributed by atoms with Crippen LogP contribution in [-0.2, 0) is 9.53 Å². The van der Waals surface area contributed by atoms with E-state index < -0.39 is 0 Å².